The van der Waals surface area contributed by atoms with E-state index in [0.717, 1.165) is 38.5 Å². The fraction of sp³-hybridized carbons (Fsp3) is 0.810. The molecule has 0 aromatic heterocycles. The monoisotopic (exact) mass is 368 g/mol. The van der Waals surface area contributed by atoms with Gasteiger partial charge in [0.15, 0.2) is 0 Å². The van der Waals surface area contributed by atoms with Crippen molar-refractivity contribution in [3.63, 3.8) is 0 Å². The predicted molar refractivity (Wildman–Crippen MR) is 108 cm³/mol. The molecular weight excluding hydrogens is 331 g/mol. The normalized spacial score (nSPS) is 36.3. The summed E-state index contributed by atoms with van der Waals surface area (Å²) in [6, 6.07) is 0. The van der Waals surface area contributed by atoms with Gasteiger partial charge in [0.2, 0.25) is 0 Å². The Hall–Kier alpha value is -0.690. The van der Waals surface area contributed by atoms with E-state index in [-0.39, 0.29) is 17.3 Å². The maximum Gasteiger partial charge on any atom is 0.315 e. The van der Waals surface area contributed by atoms with Gasteiger partial charge in [-0.1, -0.05) is 46.0 Å². The highest BCUT2D eigenvalue weighted by molar-refractivity contribution is 7.15. The largest absolute Gasteiger partial charge is 0.468 e. The van der Waals surface area contributed by atoms with Crippen LogP contribution in [0.5, 0.6) is 0 Å². The van der Waals surface area contributed by atoms with Crippen LogP contribution in [-0.2, 0) is 14.3 Å². The van der Waals surface area contributed by atoms with Gasteiger partial charge in [0.25, 0.3) is 0 Å². The second-order valence-electron chi connectivity index (χ2n) is 7.40. The molecule has 0 bridgehead atoms. The van der Waals surface area contributed by atoms with Gasteiger partial charge in [0.1, 0.15) is 5.78 Å². The van der Waals surface area contributed by atoms with E-state index in [2.05, 4.69) is 29.2 Å². The van der Waals surface area contributed by atoms with E-state index < -0.39 is 5.41 Å². The predicted octanol–water partition coefficient (Wildman–Crippen LogP) is 5.19. The lowest BCUT2D eigenvalue weighted by molar-refractivity contribution is -0.156. The van der Waals surface area contributed by atoms with Crippen LogP contribution >= 0.6 is 9.24 Å². The fourth-order valence-electron chi connectivity index (χ4n) is 5.41. The number of hydrogen-bond acceptors (Lipinski definition) is 3. The van der Waals surface area contributed by atoms with Crippen LogP contribution in [0.1, 0.15) is 72.6 Å². The maximum atomic E-state index is 12.6. The van der Waals surface area contributed by atoms with Crippen LogP contribution in [-0.4, -0.2) is 25.5 Å². The first kappa shape index (κ1) is 22.4. The summed E-state index contributed by atoms with van der Waals surface area (Å²) in [5.41, 5.74) is 0.891. The Bertz CT molecular complexity index is 513. The standard InChI is InChI=1S/C18H26O3.C2H6.CH5P/c1-12-13-7-11-18(16(20)21-3)9-5-4-6-15(18)17(13,2)10-8-14(12)19;2*1-2/h6,12-13H,4-5,7-11H2,1-3H3;1-2H3;2H2,1H3. The molecule has 5 unspecified atom stereocenters. The van der Waals surface area contributed by atoms with Crippen LogP contribution in [0.3, 0.4) is 0 Å². The molecule has 0 radical (unpaired) electrons. The molecule has 0 amide bonds. The average Bonchev–Trinajstić information content (AvgIpc) is 2.67. The van der Waals surface area contributed by atoms with Crippen molar-refractivity contribution in [3.05, 3.63) is 11.6 Å². The van der Waals surface area contributed by atoms with Crippen molar-refractivity contribution in [2.45, 2.75) is 72.6 Å². The van der Waals surface area contributed by atoms with E-state index in [1.165, 1.54) is 12.7 Å². The lowest BCUT2D eigenvalue weighted by atomic mass is 9.46. The minimum absolute atomic E-state index is 0.000185. The Morgan fingerprint density at radius 2 is 1.88 bits per heavy atom. The molecule has 0 spiro atoms. The molecule has 0 aromatic carbocycles. The Balaban J connectivity index is 0.000000730. The summed E-state index contributed by atoms with van der Waals surface area (Å²) < 4.78 is 5.18. The zero-order chi connectivity index (χ0) is 19.3. The van der Waals surface area contributed by atoms with Gasteiger partial charge < -0.3 is 4.74 Å². The van der Waals surface area contributed by atoms with Crippen molar-refractivity contribution in [1.29, 1.82) is 0 Å². The number of allylic oxidation sites excluding steroid dienone is 1. The number of hydrogen-bond donors (Lipinski definition) is 0. The van der Waals surface area contributed by atoms with Gasteiger partial charge in [-0.15, -0.1) is 9.24 Å². The summed E-state index contributed by atoms with van der Waals surface area (Å²) in [7, 11) is 3.92. The molecular formula is C21H37O3P. The first-order chi connectivity index (χ1) is 12.0. The molecule has 3 aliphatic rings. The minimum Gasteiger partial charge on any atom is -0.468 e. The molecule has 5 atom stereocenters. The third-order valence-corrected chi connectivity index (χ3v) is 6.57. The summed E-state index contributed by atoms with van der Waals surface area (Å²) in [6.07, 6.45) is 8.70. The van der Waals surface area contributed by atoms with Crippen molar-refractivity contribution < 1.29 is 14.3 Å². The van der Waals surface area contributed by atoms with E-state index in [1.807, 2.05) is 20.5 Å². The van der Waals surface area contributed by atoms with Crippen LogP contribution < -0.4 is 0 Å². The molecule has 0 heterocycles. The highest BCUT2D eigenvalue weighted by Crippen LogP contribution is 2.63. The molecule has 4 heteroatoms. The van der Waals surface area contributed by atoms with Gasteiger partial charge in [-0.25, -0.2) is 0 Å². The number of Topliss-reactive ketones (excluding diaryl/α,β-unsaturated/α-hetero) is 1. The number of methoxy groups -OCH3 is 1. The van der Waals surface area contributed by atoms with Crippen molar-refractivity contribution in [1.82, 2.24) is 0 Å². The Labute approximate surface area is 156 Å². The Morgan fingerprint density at radius 1 is 1.24 bits per heavy atom. The highest BCUT2D eigenvalue weighted by atomic mass is 31.0. The second-order valence-corrected chi connectivity index (χ2v) is 7.40. The third kappa shape index (κ3) is 3.72. The van der Waals surface area contributed by atoms with Crippen LogP contribution in [0.2, 0.25) is 0 Å². The first-order valence-electron chi connectivity index (χ1n) is 9.86. The summed E-state index contributed by atoms with van der Waals surface area (Å²) >= 11 is 0. The van der Waals surface area contributed by atoms with E-state index >= 15 is 0 Å². The van der Waals surface area contributed by atoms with Gasteiger partial charge in [0, 0.05) is 12.3 Å². The lowest BCUT2D eigenvalue weighted by Crippen LogP contribution is -2.53. The topological polar surface area (TPSA) is 43.4 Å². The van der Waals surface area contributed by atoms with E-state index in [1.54, 1.807) is 0 Å². The smallest absolute Gasteiger partial charge is 0.315 e. The van der Waals surface area contributed by atoms with Crippen LogP contribution in [0.15, 0.2) is 11.6 Å². The molecule has 2 fully saturated rings. The molecule has 25 heavy (non-hydrogen) atoms. The van der Waals surface area contributed by atoms with Crippen LogP contribution in [0.4, 0.5) is 0 Å². The second kappa shape index (κ2) is 9.31. The molecule has 3 nitrogen and oxygen atoms in total. The molecule has 0 aliphatic heterocycles. The number of esters is 1. The number of carbonyl (C=O) groups excluding carboxylic acids is 2. The zero-order valence-corrected chi connectivity index (χ0v) is 18.1. The minimum atomic E-state index is -0.404. The van der Waals surface area contributed by atoms with Gasteiger partial charge in [0.05, 0.1) is 12.5 Å². The summed E-state index contributed by atoms with van der Waals surface area (Å²) in [6.45, 7) is 10.3. The molecule has 3 aliphatic carbocycles. The SMILES string of the molecule is CC.COC(=O)C12CCCC=C1C1(C)CCC(=O)C(C)C1CC2.CP. The number of rotatable bonds is 1. The molecule has 144 valence electrons. The van der Waals surface area contributed by atoms with E-state index in [0.29, 0.717) is 18.1 Å². The van der Waals surface area contributed by atoms with Crippen molar-refractivity contribution in [2.24, 2.45) is 22.7 Å². The first-order valence-corrected chi connectivity index (χ1v) is 11.0. The average molecular weight is 368 g/mol. The Morgan fingerprint density at radius 3 is 2.48 bits per heavy atom. The van der Waals surface area contributed by atoms with Gasteiger partial charge in [-0.05, 0) is 49.9 Å². The van der Waals surface area contributed by atoms with E-state index in [4.69, 9.17) is 4.74 Å². The van der Waals surface area contributed by atoms with Gasteiger partial charge in [-0.2, -0.15) is 0 Å². The summed E-state index contributed by atoms with van der Waals surface area (Å²) in [4.78, 5) is 24.7. The fourth-order valence-corrected chi connectivity index (χ4v) is 5.41. The number of ether oxygens (including phenoxy) is 1. The molecule has 3 rings (SSSR count). The molecule has 0 saturated heterocycles. The quantitative estimate of drug-likeness (QED) is 0.363. The maximum absolute atomic E-state index is 12.6. The molecule has 0 N–H and O–H groups in total. The third-order valence-electron chi connectivity index (χ3n) is 6.57. The zero-order valence-electron chi connectivity index (χ0n) is 17.0. The molecule has 0 aromatic rings. The Kier molecular flexibility index (Phi) is 8.32. The number of fused-ring (bicyclic) bond motifs is 3. The number of carbonyl (C=O) groups is 2. The van der Waals surface area contributed by atoms with Crippen molar-refractivity contribution >= 4 is 21.0 Å². The molecule has 2 saturated carbocycles. The van der Waals surface area contributed by atoms with E-state index in [9.17, 15) is 9.59 Å². The lowest BCUT2D eigenvalue weighted by Gasteiger charge is -2.56. The van der Waals surface area contributed by atoms with Gasteiger partial charge in [-0.3, -0.25) is 9.59 Å². The van der Waals surface area contributed by atoms with Crippen molar-refractivity contribution in [3.8, 4) is 0 Å². The number of ketones is 1. The van der Waals surface area contributed by atoms with Crippen LogP contribution in [0.25, 0.3) is 0 Å². The van der Waals surface area contributed by atoms with Gasteiger partial charge >= 0.3 is 5.97 Å². The van der Waals surface area contributed by atoms with Crippen LogP contribution in [0, 0.1) is 22.7 Å². The van der Waals surface area contributed by atoms with Crippen molar-refractivity contribution in [2.75, 3.05) is 13.8 Å². The summed E-state index contributed by atoms with van der Waals surface area (Å²) in [5.74, 6) is 0.861. The summed E-state index contributed by atoms with van der Waals surface area (Å²) in [5, 5.41) is 0. The highest BCUT2D eigenvalue weighted by Gasteiger charge is 2.58.